The molecule has 1 amide bonds. The minimum absolute atomic E-state index is 0.0249. The molecule has 7 heteroatoms. The maximum atomic E-state index is 12.7. The maximum Gasteiger partial charge on any atom is 0.252 e. The van der Waals surface area contributed by atoms with Crippen molar-refractivity contribution in [2.45, 2.75) is 30.7 Å². The van der Waals surface area contributed by atoms with Crippen molar-refractivity contribution >= 4 is 27.1 Å². The SMILES string of the molecule is CCS(=O)(=O)c1ccccc1C(=O)NCC(c1cccs1)N1CCCC1. The van der Waals surface area contributed by atoms with Crippen LogP contribution in [0, 0.1) is 0 Å². The quantitative estimate of drug-likeness (QED) is 0.786. The van der Waals surface area contributed by atoms with Crippen molar-refractivity contribution in [3.8, 4) is 0 Å². The van der Waals surface area contributed by atoms with Gasteiger partial charge in [-0.15, -0.1) is 11.3 Å². The number of sulfone groups is 1. The highest BCUT2D eigenvalue weighted by Gasteiger charge is 2.26. The third-order valence-electron chi connectivity index (χ3n) is 4.76. The molecule has 1 fully saturated rings. The fourth-order valence-electron chi connectivity index (χ4n) is 3.31. The van der Waals surface area contributed by atoms with Crippen LogP contribution >= 0.6 is 11.3 Å². The molecule has 26 heavy (non-hydrogen) atoms. The van der Waals surface area contributed by atoms with E-state index in [9.17, 15) is 13.2 Å². The molecule has 2 heterocycles. The van der Waals surface area contributed by atoms with Gasteiger partial charge in [0.25, 0.3) is 5.91 Å². The summed E-state index contributed by atoms with van der Waals surface area (Å²) in [6.45, 7) is 4.11. The van der Waals surface area contributed by atoms with Crippen LogP contribution in [0.1, 0.15) is 41.0 Å². The van der Waals surface area contributed by atoms with E-state index in [0.717, 1.165) is 13.1 Å². The lowest BCUT2D eigenvalue weighted by atomic mass is 10.1. The molecule has 1 aliphatic heterocycles. The molecule has 1 unspecified atom stereocenters. The lowest BCUT2D eigenvalue weighted by molar-refractivity contribution is 0.0935. The van der Waals surface area contributed by atoms with Crippen molar-refractivity contribution in [3.63, 3.8) is 0 Å². The first-order chi connectivity index (χ1) is 12.5. The first-order valence-corrected chi connectivity index (χ1v) is 11.4. The van der Waals surface area contributed by atoms with Gasteiger partial charge in [-0.05, 0) is 49.5 Å². The molecule has 0 saturated carbocycles. The summed E-state index contributed by atoms with van der Waals surface area (Å²) in [5, 5.41) is 5.01. The van der Waals surface area contributed by atoms with E-state index in [1.165, 1.54) is 23.8 Å². The number of carbonyl (C=O) groups excluding carboxylic acids is 1. The summed E-state index contributed by atoms with van der Waals surface area (Å²) >= 11 is 1.69. The number of hydrogen-bond donors (Lipinski definition) is 1. The topological polar surface area (TPSA) is 66.5 Å². The number of likely N-dealkylation sites (tertiary alicyclic amines) is 1. The zero-order chi connectivity index (χ0) is 18.6. The molecule has 1 atom stereocenters. The van der Waals surface area contributed by atoms with Crippen molar-refractivity contribution in [2.75, 3.05) is 25.4 Å². The third-order valence-corrected chi connectivity index (χ3v) is 7.52. The number of nitrogens with zero attached hydrogens (tertiary/aromatic N) is 1. The van der Waals surface area contributed by atoms with Crippen molar-refractivity contribution in [1.29, 1.82) is 0 Å². The summed E-state index contributed by atoms with van der Waals surface area (Å²) in [6.07, 6.45) is 2.35. The van der Waals surface area contributed by atoms with Gasteiger partial charge in [0.15, 0.2) is 9.84 Å². The van der Waals surface area contributed by atoms with Crippen LogP contribution in [-0.4, -0.2) is 44.6 Å². The highest BCUT2D eigenvalue weighted by molar-refractivity contribution is 7.91. The van der Waals surface area contributed by atoms with Gasteiger partial charge in [0.1, 0.15) is 0 Å². The molecule has 3 rings (SSSR count). The highest BCUT2D eigenvalue weighted by Crippen LogP contribution is 2.28. The Balaban J connectivity index is 1.77. The molecule has 140 valence electrons. The van der Waals surface area contributed by atoms with Crippen LogP contribution in [0.25, 0.3) is 0 Å². The van der Waals surface area contributed by atoms with Gasteiger partial charge in [-0.25, -0.2) is 8.42 Å². The van der Waals surface area contributed by atoms with Crippen molar-refractivity contribution < 1.29 is 13.2 Å². The normalized spacial score (nSPS) is 16.5. The van der Waals surface area contributed by atoms with E-state index in [2.05, 4.69) is 16.3 Å². The Kier molecular flexibility index (Phi) is 6.11. The van der Waals surface area contributed by atoms with E-state index in [1.807, 2.05) is 11.4 Å². The van der Waals surface area contributed by atoms with Crippen molar-refractivity contribution in [3.05, 3.63) is 52.2 Å². The van der Waals surface area contributed by atoms with E-state index < -0.39 is 9.84 Å². The zero-order valence-electron chi connectivity index (χ0n) is 14.8. The van der Waals surface area contributed by atoms with Gasteiger partial charge in [-0.2, -0.15) is 0 Å². The summed E-state index contributed by atoms with van der Waals surface area (Å²) in [5.74, 6) is -0.360. The molecular formula is C19H24N2O3S2. The highest BCUT2D eigenvalue weighted by atomic mass is 32.2. The Morgan fingerprint density at radius 3 is 2.58 bits per heavy atom. The number of hydrogen-bond acceptors (Lipinski definition) is 5. The Labute approximate surface area is 159 Å². The van der Waals surface area contributed by atoms with Gasteiger partial charge < -0.3 is 5.32 Å². The first kappa shape index (κ1) is 19.1. The van der Waals surface area contributed by atoms with E-state index in [1.54, 1.807) is 36.5 Å². The van der Waals surface area contributed by atoms with Crippen LogP contribution in [0.4, 0.5) is 0 Å². The Hall–Kier alpha value is -1.70. The standard InChI is InChI=1S/C19H24N2O3S2/c1-2-26(23,24)18-10-4-3-8-15(18)19(22)20-14-16(17-9-7-13-25-17)21-11-5-6-12-21/h3-4,7-10,13,16H,2,5-6,11-12,14H2,1H3,(H,20,22). The second-order valence-corrected chi connectivity index (χ2v) is 9.61. The average Bonchev–Trinajstić information content (AvgIpc) is 3.36. The van der Waals surface area contributed by atoms with Crippen LogP contribution in [-0.2, 0) is 9.84 Å². The molecule has 1 N–H and O–H groups in total. The van der Waals surface area contributed by atoms with E-state index in [-0.39, 0.29) is 28.2 Å². The number of thiophene rings is 1. The molecule has 1 aromatic heterocycles. The van der Waals surface area contributed by atoms with Crippen LogP contribution < -0.4 is 5.32 Å². The van der Waals surface area contributed by atoms with Crippen molar-refractivity contribution in [1.82, 2.24) is 10.2 Å². The van der Waals surface area contributed by atoms with Gasteiger partial charge in [-0.3, -0.25) is 9.69 Å². The van der Waals surface area contributed by atoms with Gasteiger partial charge in [0, 0.05) is 11.4 Å². The number of benzene rings is 1. The Bertz CT molecular complexity index is 841. The smallest absolute Gasteiger partial charge is 0.252 e. The molecule has 0 spiro atoms. The second-order valence-electron chi connectivity index (χ2n) is 6.38. The molecule has 1 saturated heterocycles. The largest absolute Gasteiger partial charge is 0.350 e. The van der Waals surface area contributed by atoms with Gasteiger partial charge in [0.2, 0.25) is 0 Å². The molecule has 0 radical (unpaired) electrons. The molecule has 5 nitrogen and oxygen atoms in total. The second kappa shape index (κ2) is 8.33. The predicted molar refractivity (Wildman–Crippen MR) is 104 cm³/mol. The average molecular weight is 393 g/mol. The molecule has 0 aliphatic carbocycles. The fourth-order valence-corrected chi connectivity index (χ4v) is 5.26. The zero-order valence-corrected chi connectivity index (χ0v) is 16.5. The fraction of sp³-hybridized carbons (Fsp3) is 0.421. The van der Waals surface area contributed by atoms with Crippen LogP contribution in [0.15, 0.2) is 46.7 Å². The van der Waals surface area contributed by atoms with Crippen LogP contribution in [0.3, 0.4) is 0 Å². The predicted octanol–water partition coefficient (Wildman–Crippen LogP) is 3.11. The van der Waals surface area contributed by atoms with Crippen molar-refractivity contribution in [2.24, 2.45) is 0 Å². The maximum absolute atomic E-state index is 12.7. The van der Waals surface area contributed by atoms with Gasteiger partial charge in [0.05, 0.1) is 22.3 Å². The molecule has 0 bridgehead atoms. The number of nitrogens with one attached hydrogen (secondary N) is 1. The molecule has 1 aromatic carbocycles. The summed E-state index contributed by atoms with van der Waals surface area (Å²) in [7, 11) is -3.44. The van der Waals surface area contributed by atoms with E-state index >= 15 is 0 Å². The Morgan fingerprint density at radius 2 is 1.92 bits per heavy atom. The number of amides is 1. The van der Waals surface area contributed by atoms with Crippen LogP contribution in [0.5, 0.6) is 0 Å². The van der Waals surface area contributed by atoms with E-state index in [0.29, 0.717) is 6.54 Å². The monoisotopic (exact) mass is 392 g/mol. The first-order valence-electron chi connectivity index (χ1n) is 8.90. The third kappa shape index (κ3) is 4.16. The number of carbonyl (C=O) groups is 1. The lowest BCUT2D eigenvalue weighted by Crippen LogP contribution is -2.36. The lowest BCUT2D eigenvalue weighted by Gasteiger charge is -2.27. The summed E-state index contributed by atoms with van der Waals surface area (Å²) in [4.78, 5) is 16.4. The number of rotatable bonds is 7. The molecular weight excluding hydrogens is 368 g/mol. The van der Waals surface area contributed by atoms with Crippen LogP contribution in [0.2, 0.25) is 0 Å². The minimum Gasteiger partial charge on any atom is -0.350 e. The molecule has 2 aromatic rings. The van der Waals surface area contributed by atoms with Gasteiger partial charge in [-0.1, -0.05) is 25.1 Å². The summed E-state index contributed by atoms with van der Waals surface area (Å²) in [6, 6.07) is 10.7. The van der Waals surface area contributed by atoms with E-state index in [4.69, 9.17) is 0 Å². The summed E-state index contributed by atoms with van der Waals surface area (Å²) < 4.78 is 24.5. The molecule has 1 aliphatic rings. The Morgan fingerprint density at radius 1 is 1.19 bits per heavy atom. The van der Waals surface area contributed by atoms with Gasteiger partial charge >= 0.3 is 0 Å². The summed E-state index contributed by atoms with van der Waals surface area (Å²) in [5.41, 5.74) is 0.223. The minimum atomic E-state index is -3.44.